The highest BCUT2D eigenvalue weighted by Crippen LogP contribution is 2.22. The maximum Gasteiger partial charge on any atom is 0.340 e. The van der Waals surface area contributed by atoms with E-state index >= 15 is 0 Å². The van der Waals surface area contributed by atoms with Crippen molar-refractivity contribution in [2.75, 3.05) is 13.2 Å². The van der Waals surface area contributed by atoms with Gasteiger partial charge < -0.3 is 14.5 Å². The van der Waals surface area contributed by atoms with Crippen LogP contribution >= 0.6 is 11.3 Å². The predicted molar refractivity (Wildman–Crippen MR) is 159 cm³/mol. The Morgan fingerprint density at radius 2 is 1.80 bits per heavy atom. The lowest BCUT2D eigenvalue weighted by Gasteiger charge is -2.09. The molecule has 0 bridgehead atoms. The number of H-pyrrole nitrogens is 1. The quantitative estimate of drug-likeness (QED) is 0.248. The fourth-order valence-corrected chi connectivity index (χ4v) is 5.75. The van der Waals surface area contributed by atoms with Gasteiger partial charge in [-0.2, -0.15) is 5.26 Å². The molecule has 0 aliphatic rings. The number of aryl methyl sites for hydroxylation is 3. The molecule has 0 saturated carbocycles. The molecule has 0 atom stereocenters. The van der Waals surface area contributed by atoms with Crippen molar-refractivity contribution in [2.45, 2.75) is 41.5 Å². The molecule has 0 amide bonds. The third-order valence-corrected chi connectivity index (χ3v) is 7.72. The van der Waals surface area contributed by atoms with Crippen molar-refractivity contribution >= 4 is 34.7 Å². The highest BCUT2D eigenvalue weighted by molar-refractivity contribution is 7.07. The van der Waals surface area contributed by atoms with Crippen LogP contribution in [0.5, 0.6) is 5.75 Å². The van der Waals surface area contributed by atoms with E-state index < -0.39 is 11.8 Å². The van der Waals surface area contributed by atoms with Gasteiger partial charge in [-0.15, -0.1) is 11.3 Å². The van der Waals surface area contributed by atoms with Gasteiger partial charge >= 0.3 is 5.97 Å². The Balaban J connectivity index is 2.07. The summed E-state index contributed by atoms with van der Waals surface area (Å²) in [7, 11) is 0. The highest BCUT2D eigenvalue weighted by atomic mass is 32.1. The molecule has 9 heteroatoms. The molecule has 0 saturated heterocycles. The number of Topliss-reactive ketones (excluding diaryl/α,β-unsaturated/α-hetero) is 1. The molecule has 0 unspecified atom stereocenters. The van der Waals surface area contributed by atoms with Gasteiger partial charge in [-0.05, 0) is 76.4 Å². The minimum Gasteiger partial charge on any atom is -0.493 e. The molecule has 1 N–H and O–H groups in total. The second kappa shape index (κ2) is 12.2. The zero-order chi connectivity index (χ0) is 29.8. The third-order valence-electron chi connectivity index (χ3n) is 6.63. The molecular formula is C32H31N3O5S. The number of hydrogen-bond acceptors (Lipinski definition) is 7. The lowest BCUT2D eigenvalue weighted by molar-refractivity contribution is 0.0525. The smallest absolute Gasteiger partial charge is 0.340 e. The molecule has 8 nitrogen and oxygen atoms in total. The SMILES string of the molecule is CCOC(=O)c1c(C)[nH]c(C(=O)/C(C#N)=c2/s/c(=C\c3ccccc3OCC)c(=O)n2-c2cc(C)ccc2C)c1C. The molecule has 41 heavy (non-hydrogen) atoms. The normalized spacial score (nSPS) is 12.2. The van der Waals surface area contributed by atoms with E-state index in [0.29, 0.717) is 39.4 Å². The number of aromatic amines is 1. The number of esters is 1. The summed E-state index contributed by atoms with van der Waals surface area (Å²) in [5.41, 5.74) is 3.62. The van der Waals surface area contributed by atoms with Crippen LogP contribution in [-0.2, 0) is 4.74 Å². The standard InChI is InChI=1S/C32H31N3O5S/c1-7-39-25-12-10-9-11-22(25)16-26-30(37)35(24-15-18(3)13-14-19(24)4)31(41-26)23(17-33)29(36)28-20(5)27(21(6)34-28)32(38)40-8-2/h9-16,34H,7-8H2,1-6H3/b26-16-,31-23+. The van der Waals surface area contributed by atoms with Gasteiger partial charge in [0.05, 0.1) is 34.7 Å². The van der Waals surface area contributed by atoms with Crippen LogP contribution in [0.4, 0.5) is 0 Å². The molecule has 0 spiro atoms. The number of ketones is 1. The number of rotatable bonds is 8. The molecular weight excluding hydrogens is 538 g/mol. The summed E-state index contributed by atoms with van der Waals surface area (Å²) in [4.78, 5) is 43.4. The van der Waals surface area contributed by atoms with Gasteiger partial charge in [0.25, 0.3) is 5.56 Å². The van der Waals surface area contributed by atoms with Gasteiger partial charge in [0, 0.05) is 11.3 Å². The lowest BCUT2D eigenvalue weighted by Crippen LogP contribution is -2.32. The number of carbonyl (C=O) groups excluding carboxylic acids is 2. The average molecular weight is 570 g/mol. The first-order valence-corrected chi connectivity index (χ1v) is 14.0. The predicted octanol–water partition coefficient (Wildman–Crippen LogP) is 4.42. The van der Waals surface area contributed by atoms with E-state index in [4.69, 9.17) is 9.47 Å². The van der Waals surface area contributed by atoms with Crippen molar-refractivity contribution in [1.82, 2.24) is 9.55 Å². The zero-order valence-electron chi connectivity index (χ0n) is 23.9. The molecule has 0 aliphatic heterocycles. The van der Waals surface area contributed by atoms with Gasteiger partial charge in [0.2, 0.25) is 5.78 Å². The second-order valence-corrected chi connectivity index (χ2v) is 10.5. The number of para-hydroxylation sites is 1. The molecule has 2 aromatic heterocycles. The monoisotopic (exact) mass is 569 g/mol. The Kier molecular flexibility index (Phi) is 8.74. The molecule has 2 heterocycles. The minimum atomic E-state index is -0.620. The second-order valence-electron chi connectivity index (χ2n) is 9.48. The van der Waals surface area contributed by atoms with E-state index in [1.165, 1.54) is 4.57 Å². The van der Waals surface area contributed by atoms with Crippen molar-refractivity contribution in [3.8, 4) is 17.5 Å². The summed E-state index contributed by atoms with van der Waals surface area (Å²) < 4.78 is 12.9. The number of carbonyl (C=O) groups is 2. The van der Waals surface area contributed by atoms with E-state index in [1.54, 1.807) is 26.8 Å². The van der Waals surface area contributed by atoms with Crippen molar-refractivity contribution < 1.29 is 19.1 Å². The van der Waals surface area contributed by atoms with E-state index in [0.717, 1.165) is 22.5 Å². The summed E-state index contributed by atoms with van der Waals surface area (Å²) in [5, 5.41) is 10.3. The van der Waals surface area contributed by atoms with Gasteiger partial charge in [0.15, 0.2) is 0 Å². The molecule has 2 aromatic carbocycles. The lowest BCUT2D eigenvalue weighted by atomic mass is 10.0. The molecule has 4 aromatic rings. The van der Waals surface area contributed by atoms with Crippen molar-refractivity contribution in [2.24, 2.45) is 0 Å². The zero-order valence-corrected chi connectivity index (χ0v) is 24.7. The summed E-state index contributed by atoms with van der Waals surface area (Å²) in [6, 6.07) is 15.1. The van der Waals surface area contributed by atoms with E-state index in [-0.39, 0.29) is 33.7 Å². The van der Waals surface area contributed by atoms with Crippen molar-refractivity contribution in [1.29, 1.82) is 5.26 Å². The fourth-order valence-electron chi connectivity index (χ4n) is 4.66. The molecule has 0 fully saturated rings. The Morgan fingerprint density at radius 1 is 1.07 bits per heavy atom. The number of nitriles is 1. The number of thiazole rings is 1. The van der Waals surface area contributed by atoms with Gasteiger partial charge in [0.1, 0.15) is 22.1 Å². The first kappa shape index (κ1) is 29.3. The Labute approximate surface area is 241 Å². The van der Waals surface area contributed by atoms with Crippen molar-refractivity contribution in [3.05, 3.63) is 101 Å². The van der Waals surface area contributed by atoms with E-state index in [9.17, 15) is 19.6 Å². The van der Waals surface area contributed by atoms with Gasteiger partial charge in [-0.1, -0.05) is 30.3 Å². The molecule has 4 rings (SSSR count). The number of aromatic nitrogens is 2. The Morgan fingerprint density at radius 3 is 2.49 bits per heavy atom. The Bertz CT molecular complexity index is 1890. The minimum absolute atomic E-state index is 0.0997. The van der Waals surface area contributed by atoms with Gasteiger partial charge in [-0.25, -0.2) is 4.79 Å². The average Bonchev–Trinajstić information content (AvgIpc) is 3.42. The number of benzene rings is 2. The summed E-state index contributed by atoms with van der Waals surface area (Å²) in [6.45, 7) is 11.3. The van der Waals surface area contributed by atoms with Gasteiger partial charge in [-0.3, -0.25) is 14.2 Å². The first-order chi connectivity index (χ1) is 19.6. The number of ether oxygens (including phenoxy) is 2. The first-order valence-electron chi connectivity index (χ1n) is 13.2. The number of nitrogens with one attached hydrogen (secondary N) is 1. The number of hydrogen-bond donors (Lipinski definition) is 1. The third kappa shape index (κ3) is 5.65. The van der Waals surface area contributed by atoms with Crippen LogP contribution in [0.25, 0.3) is 17.3 Å². The summed E-state index contributed by atoms with van der Waals surface area (Å²) in [5.74, 6) is -0.554. The van der Waals surface area contributed by atoms with Crippen LogP contribution in [0, 0.1) is 39.0 Å². The largest absolute Gasteiger partial charge is 0.493 e. The summed E-state index contributed by atoms with van der Waals surface area (Å²) >= 11 is 1.06. The maximum atomic E-state index is 14.0. The highest BCUT2D eigenvalue weighted by Gasteiger charge is 2.27. The Hall–Kier alpha value is -4.68. The van der Waals surface area contributed by atoms with Crippen molar-refractivity contribution in [3.63, 3.8) is 0 Å². The van der Waals surface area contributed by atoms with E-state index in [1.807, 2.05) is 63.2 Å². The fraction of sp³-hybridized carbons (Fsp3) is 0.250. The van der Waals surface area contributed by atoms with Crippen LogP contribution < -0.4 is 19.5 Å². The van der Waals surface area contributed by atoms with E-state index in [2.05, 4.69) is 11.1 Å². The van der Waals surface area contributed by atoms with Crippen LogP contribution in [0.1, 0.15) is 62.6 Å². The molecule has 0 radical (unpaired) electrons. The van der Waals surface area contributed by atoms with Crippen LogP contribution in [0.2, 0.25) is 0 Å². The van der Waals surface area contributed by atoms with Crippen LogP contribution in [0.3, 0.4) is 0 Å². The maximum absolute atomic E-state index is 14.0. The topological polar surface area (TPSA) is 114 Å². The molecule has 0 aliphatic carbocycles. The molecule has 210 valence electrons. The summed E-state index contributed by atoms with van der Waals surface area (Å²) in [6.07, 6.45) is 1.71. The van der Waals surface area contributed by atoms with Crippen LogP contribution in [0.15, 0.2) is 47.3 Å². The number of nitrogens with zero attached hydrogens (tertiary/aromatic N) is 2. The van der Waals surface area contributed by atoms with Crippen LogP contribution in [-0.4, -0.2) is 34.5 Å².